The van der Waals surface area contributed by atoms with Gasteiger partial charge >= 0.3 is 5.97 Å². The number of amides is 2. The molecule has 0 aliphatic carbocycles. The summed E-state index contributed by atoms with van der Waals surface area (Å²) >= 11 is 1.05. The van der Waals surface area contributed by atoms with E-state index >= 15 is 0 Å². The highest BCUT2D eigenvalue weighted by molar-refractivity contribution is 8.15. The predicted molar refractivity (Wildman–Crippen MR) is 220 cm³/mol. The minimum absolute atomic E-state index is 0.191. The molecule has 1 fully saturated rings. The fourth-order valence-electron chi connectivity index (χ4n) is 6.45. The monoisotopic (exact) mass is 796 g/mol. The molecule has 1 aliphatic rings. The first-order valence-electron chi connectivity index (χ1n) is 18.7. The van der Waals surface area contributed by atoms with Crippen LogP contribution in [0, 0.1) is 0 Å². The fraction of sp³-hybridized carbons (Fsp3) is 0.209. The van der Waals surface area contributed by atoms with Gasteiger partial charge in [0.05, 0.1) is 41.6 Å². The van der Waals surface area contributed by atoms with Gasteiger partial charge in [-0.1, -0.05) is 91.5 Å². The summed E-state index contributed by atoms with van der Waals surface area (Å²) in [6.45, 7) is 5.39. The molecule has 0 radical (unpaired) electrons. The maximum absolute atomic E-state index is 11.8. The molecule has 3 N–H and O–H groups in total. The number of aryl methyl sites for hydroxylation is 1. The van der Waals surface area contributed by atoms with E-state index in [1.165, 1.54) is 5.56 Å². The van der Waals surface area contributed by atoms with E-state index in [0.29, 0.717) is 49.0 Å². The quantitative estimate of drug-likeness (QED) is 0.101. The molecule has 4 heterocycles. The van der Waals surface area contributed by atoms with Crippen LogP contribution in [0.1, 0.15) is 46.6 Å². The Labute approximate surface area is 338 Å². The summed E-state index contributed by atoms with van der Waals surface area (Å²) < 4.78 is 13.3. The number of pyridine rings is 1. The Hall–Kier alpha value is -6.87. The van der Waals surface area contributed by atoms with Gasteiger partial charge in [-0.3, -0.25) is 24.5 Å². The van der Waals surface area contributed by atoms with Gasteiger partial charge in [-0.2, -0.15) is 10.2 Å². The highest BCUT2D eigenvalue weighted by Gasteiger charge is 2.31. The van der Waals surface area contributed by atoms with E-state index in [0.717, 1.165) is 63.9 Å². The average molecular weight is 797 g/mol. The Kier molecular flexibility index (Phi) is 12.5. The number of hydrogen-bond donors (Lipinski definition) is 3. The number of imidazole rings is 1. The Morgan fingerprint density at radius 1 is 0.862 bits per heavy atom. The SMILES string of the molecule is CCOc1nc2cccc(C(=O)O)c2n1Cc1ccc(-c2ccccc2-c2nn[nH]n2)cc1.CCc1ccc(CCOc2ccc(CC3SC(=O)NC3=O)cc2)nc1. The molecule has 4 aromatic carbocycles. The smallest absolute Gasteiger partial charge is 0.337 e. The molecule has 3 aromatic heterocycles. The molecule has 1 aliphatic heterocycles. The van der Waals surface area contributed by atoms with Gasteiger partial charge in [0, 0.05) is 23.9 Å². The molecular weight excluding hydrogens is 757 g/mol. The summed E-state index contributed by atoms with van der Waals surface area (Å²) in [4.78, 5) is 43.5. The van der Waals surface area contributed by atoms with Gasteiger partial charge in [0.15, 0.2) is 0 Å². The molecular formula is C43H40N8O6S. The first-order valence-corrected chi connectivity index (χ1v) is 19.6. The van der Waals surface area contributed by atoms with Crippen molar-refractivity contribution in [3.05, 3.63) is 137 Å². The lowest BCUT2D eigenvalue weighted by atomic mass is 9.98. The number of H-pyrrole nitrogens is 1. The number of carboxylic acid groups (broad SMARTS) is 1. The molecule has 0 saturated carbocycles. The summed E-state index contributed by atoms with van der Waals surface area (Å²) in [5.41, 5.74) is 8.43. The molecule has 1 unspecified atom stereocenters. The Morgan fingerprint density at radius 2 is 1.62 bits per heavy atom. The summed E-state index contributed by atoms with van der Waals surface area (Å²) in [6.07, 6.45) is 4.19. The van der Waals surface area contributed by atoms with Crippen LogP contribution in [0.3, 0.4) is 0 Å². The number of carboxylic acids is 1. The number of nitrogens with zero attached hydrogens (tertiary/aromatic N) is 6. The van der Waals surface area contributed by atoms with Crippen LogP contribution < -0.4 is 14.8 Å². The molecule has 0 spiro atoms. The minimum atomic E-state index is -1.00. The van der Waals surface area contributed by atoms with Crippen LogP contribution >= 0.6 is 11.8 Å². The number of carbonyl (C=O) groups excluding carboxylic acids is 2. The number of aromatic amines is 1. The predicted octanol–water partition coefficient (Wildman–Crippen LogP) is 7.19. The summed E-state index contributed by atoms with van der Waals surface area (Å²) in [7, 11) is 0. The highest BCUT2D eigenvalue weighted by Crippen LogP contribution is 2.31. The maximum atomic E-state index is 11.8. The molecule has 1 saturated heterocycles. The average Bonchev–Trinajstić information content (AvgIpc) is 3.98. The molecule has 14 nitrogen and oxygen atoms in total. The zero-order valence-corrected chi connectivity index (χ0v) is 32.6. The number of aromatic carboxylic acids is 1. The van der Waals surface area contributed by atoms with Gasteiger partial charge < -0.3 is 14.6 Å². The first-order chi connectivity index (χ1) is 28.3. The van der Waals surface area contributed by atoms with E-state index in [4.69, 9.17) is 9.47 Å². The van der Waals surface area contributed by atoms with Crippen molar-refractivity contribution in [1.29, 1.82) is 0 Å². The molecule has 2 amide bonds. The first kappa shape index (κ1) is 39.4. The lowest BCUT2D eigenvalue weighted by Gasteiger charge is -2.12. The van der Waals surface area contributed by atoms with E-state index in [1.807, 2.05) is 96.6 Å². The largest absolute Gasteiger partial charge is 0.493 e. The molecule has 15 heteroatoms. The van der Waals surface area contributed by atoms with Gasteiger partial charge in [0.2, 0.25) is 11.7 Å². The number of nitrogens with one attached hydrogen (secondary N) is 2. The Morgan fingerprint density at radius 3 is 2.28 bits per heavy atom. The summed E-state index contributed by atoms with van der Waals surface area (Å²) in [5, 5.41) is 25.7. The topological polar surface area (TPSA) is 187 Å². The van der Waals surface area contributed by atoms with Crippen molar-refractivity contribution in [2.75, 3.05) is 13.2 Å². The molecule has 294 valence electrons. The highest BCUT2D eigenvalue weighted by atomic mass is 32.2. The third-order valence-corrected chi connectivity index (χ3v) is 10.4. The molecule has 0 bridgehead atoms. The van der Waals surface area contributed by atoms with Gasteiger partial charge in [0.25, 0.3) is 11.2 Å². The number of para-hydroxylation sites is 1. The summed E-state index contributed by atoms with van der Waals surface area (Å²) in [5.74, 6) is 0.103. The third kappa shape index (κ3) is 9.38. The van der Waals surface area contributed by atoms with E-state index < -0.39 is 5.97 Å². The van der Waals surface area contributed by atoms with Gasteiger partial charge in [-0.15, -0.1) is 10.2 Å². The Balaban J connectivity index is 0.000000184. The van der Waals surface area contributed by atoms with Crippen molar-refractivity contribution < 1.29 is 29.0 Å². The van der Waals surface area contributed by atoms with E-state index in [-0.39, 0.29) is 22.0 Å². The zero-order valence-electron chi connectivity index (χ0n) is 31.8. The number of ether oxygens (including phenoxy) is 2. The lowest BCUT2D eigenvalue weighted by Crippen LogP contribution is -2.25. The van der Waals surface area contributed by atoms with Crippen molar-refractivity contribution in [2.24, 2.45) is 0 Å². The number of thioether (sulfide) groups is 1. The van der Waals surface area contributed by atoms with Crippen molar-refractivity contribution in [3.63, 3.8) is 0 Å². The normalized spacial score (nSPS) is 13.5. The number of tetrazole rings is 1. The number of rotatable bonds is 14. The third-order valence-electron chi connectivity index (χ3n) is 9.39. The van der Waals surface area contributed by atoms with Crippen molar-refractivity contribution in [1.82, 2.24) is 40.5 Å². The van der Waals surface area contributed by atoms with Crippen LogP contribution in [0.2, 0.25) is 0 Å². The fourth-order valence-corrected chi connectivity index (χ4v) is 7.31. The summed E-state index contributed by atoms with van der Waals surface area (Å²) in [6, 6.07) is 33.1. The number of imide groups is 1. The second-order valence-corrected chi connectivity index (χ2v) is 14.4. The number of carbonyl (C=O) groups is 3. The van der Waals surface area contributed by atoms with Crippen LogP contribution in [-0.2, 0) is 30.6 Å². The standard InChI is InChI=1S/C24H20N6O3.C19H20N2O3S/c1-2-33-24-25-20-9-5-8-19(23(31)32)21(20)30(24)14-15-10-12-16(13-11-15)17-6-3-4-7-18(17)22-26-28-29-27-22;1-2-13-3-6-15(20-12-13)9-10-24-16-7-4-14(5-8-16)11-17-18(22)21-19(23)25-17/h3-13H,2,14H2,1H3,(H,31,32)(H,26,27,28,29);3-8,12,17H,2,9-11H2,1H3,(H,21,22,23). The minimum Gasteiger partial charge on any atom is -0.493 e. The van der Waals surface area contributed by atoms with Crippen molar-refractivity contribution >= 4 is 39.9 Å². The number of hydrogen-bond acceptors (Lipinski definition) is 11. The number of aromatic nitrogens is 7. The van der Waals surface area contributed by atoms with Crippen LogP contribution in [0.15, 0.2) is 109 Å². The van der Waals surface area contributed by atoms with E-state index in [2.05, 4.69) is 48.9 Å². The maximum Gasteiger partial charge on any atom is 0.337 e. The molecule has 1 atom stereocenters. The second-order valence-electron chi connectivity index (χ2n) is 13.2. The van der Waals surface area contributed by atoms with Gasteiger partial charge in [-0.25, -0.2) is 4.79 Å². The second kappa shape index (κ2) is 18.4. The number of fused-ring (bicyclic) bond motifs is 1. The van der Waals surface area contributed by atoms with Gasteiger partial charge in [0.1, 0.15) is 5.75 Å². The van der Waals surface area contributed by atoms with E-state index in [9.17, 15) is 19.5 Å². The lowest BCUT2D eigenvalue weighted by molar-refractivity contribution is -0.118. The Bertz CT molecular complexity index is 2510. The van der Waals surface area contributed by atoms with E-state index in [1.54, 1.807) is 18.2 Å². The van der Waals surface area contributed by atoms with Crippen LogP contribution in [-0.4, -0.2) is 75.8 Å². The zero-order chi connectivity index (χ0) is 40.4. The number of benzene rings is 4. The molecule has 58 heavy (non-hydrogen) atoms. The van der Waals surface area contributed by atoms with Crippen molar-refractivity contribution in [3.8, 4) is 34.3 Å². The van der Waals surface area contributed by atoms with Crippen molar-refractivity contribution in [2.45, 2.75) is 44.9 Å². The molecule has 7 aromatic rings. The van der Waals surface area contributed by atoms with Crippen LogP contribution in [0.5, 0.6) is 11.8 Å². The molecule has 8 rings (SSSR count). The van der Waals surface area contributed by atoms with Crippen LogP contribution in [0.4, 0.5) is 4.79 Å². The van der Waals surface area contributed by atoms with Gasteiger partial charge in [-0.05, 0) is 83.1 Å². The van der Waals surface area contributed by atoms with Crippen LogP contribution in [0.25, 0.3) is 33.5 Å².